The number of fused-ring (bicyclic) bond motifs is 2. The highest BCUT2D eigenvalue weighted by Crippen LogP contribution is 2.48. The topological polar surface area (TPSA) is 29.5 Å². The van der Waals surface area contributed by atoms with Crippen LogP contribution in [0.1, 0.15) is 40.0 Å². The van der Waals surface area contributed by atoms with Gasteiger partial charge in [-0.2, -0.15) is 0 Å². The molecular weight excluding hydrogens is 276 g/mol. The van der Waals surface area contributed by atoms with Crippen LogP contribution in [-0.4, -0.2) is 25.6 Å². The van der Waals surface area contributed by atoms with Crippen LogP contribution in [0.3, 0.4) is 0 Å². The van der Waals surface area contributed by atoms with E-state index in [0.717, 1.165) is 19.4 Å². The average molecular weight is 309 g/mol. The fourth-order valence-electron chi connectivity index (χ4n) is 3.41. The van der Waals surface area contributed by atoms with Crippen molar-refractivity contribution in [3.8, 4) is 0 Å². The molecule has 0 aliphatic heterocycles. The second-order valence-corrected chi connectivity index (χ2v) is 13.3. The largest absolute Gasteiger partial charge is 0.417 e. The Balaban J connectivity index is 1.98. The van der Waals surface area contributed by atoms with Gasteiger partial charge < -0.3 is 9.53 Å². The van der Waals surface area contributed by atoms with E-state index in [2.05, 4.69) is 52.6 Å². The first-order valence-corrected chi connectivity index (χ1v) is 11.2. The van der Waals surface area contributed by atoms with Gasteiger partial charge in [0.15, 0.2) is 8.32 Å². The summed E-state index contributed by atoms with van der Waals surface area (Å²) in [4.78, 5) is 0. The van der Waals surface area contributed by atoms with Gasteiger partial charge in [-0.05, 0) is 49.2 Å². The molecule has 0 aromatic heterocycles. The zero-order valence-corrected chi connectivity index (χ0v) is 15.4. The third-order valence-corrected chi connectivity index (χ3v) is 10.5. The van der Waals surface area contributed by atoms with Crippen LogP contribution < -0.4 is 0 Å². The summed E-state index contributed by atoms with van der Waals surface area (Å²) in [7, 11) is -1.67. The Morgan fingerprint density at radius 1 is 1.38 bits per heavy atom. The lowest BCUT2D eigenvalue weighted by atomic mass is 9.60. The van der Waals surface area contributed by atoms with E-state index in [0.29, 0.717) is 18.3 Å². The molecule has 0 heterocycles. The van der Waals surface area contributed by atoms with E-state index in [1.807, 2.05) is 6.08 Å². The van der Waals surface area contributed by atoms with Gasteiger partial charge in [-0.15, -0.1) is 6.58 Å². The van der Waals surface area contributed by atoms with E-state index in [4.69, 9.17) is 4.43 Å². The molecule has 0 aromatic rings. The highest BCUT2D eigenvalue weighted by atomic mass is 28.4. The van der Waals surface area contributed by atoms with Crippen LogP contribution in [0, 0.1) is 17.8 Å². The molecule has 120 valence electrons. The van der Waals surface area contributed by atoms with Crippen molar-refractivity contribution in [3.63, 3.8) is 0 Å². The predicted molar refractivity (Wildman–Crippen MR) is 91.8 cm³/mol. The molecule has 2 nitrogen and oxygen atoms in total. The zero-order valence-electron chi connectivity index (χ0n) is 14.4. The van der Waals surface area contributed by atoms with E-state index >= 15 is 0 Å². The van der Waals surface area contributed by atoms with Gasteiger partial charge in [0, 0.05) is 12.5 Å². The third kappa shape index (κ3) is 3.35. The van der Waals surface area contributed by atoms with E-state index in [-0.39, 0.29) is 11.0 Å². The molecule has 0 saturated heterocycles. The number of hydrogen-bond donors (Lipinski definition) is 1. The van der Waals surface area contributed by atoms with Crippen molar-refractivity contribution < 1.29 is 9.53 Å². The Labute approximate surface area is 131 Å². The lowest BCUT2D eigenvalue weighted by Crippen LogP contribution is -2.50. The van der Waals surface area contributed by atoms with Crippen molar-refractivity contribution in [1.29, 1.82) is 0 Å². The van der Waals surface area contributed by atoms with Crippen molar-refractivity contribution >= 4 is 8.32 Å². The summed E-state index contributed by atoms with van der Waals surface area (Å²) in [6.07, 6.45) is 9.02. The minimum absolute atomic E-state index is 0.264. The Morgan fingerprint density at radius 3 is 2.52 bits per heavy atom. The summed E-state index contributed by atoms with van der Waals surface area (Å²) in [6.45, 7) is 16.1. The number of allylic oxidation sites excluding steroid dienone is 1. The number of aliphatic hydroxyl groups is 1. The second kappa shape index (κ2) is 5.67. The van der Waals surface area contributed by atoms with E-state index < -0.39 is 13.9 Å². The van der Waals surface area contributed by atoms with Gasteiger partial charge in [0.25, 0.3) is 0 Å². The summed E-state index contributed by atoms with van der Waals surface area (Å²) in [5.41, 5.74) is -0.561. The zero-order chi connectivity index (χ0) is 15.9. The molecule has 3 aliphatic carbocycles. The summed E-state index contributed by atoms with van der Waals surface area (Å²) < 4.78 is 6.42. The molecule has 21 heavy (non-hydrogen) atoms. The lowest BCUT2D eigenvalue weighted by molar-refractivity contribution is -0.0713. The van der Waals surface area contributed by atoms with Crippen LogP contribution in [0.2, 0.25) is 18.1 Å². The summed E-state index contributed by atoms with van der Waals surface area (Å²) in [6, 6.07) is 0. The third-order valence-electron chi connectivity index (χ3n) is 5.99. The minimum atomic E-state index is -1.67. The van der Waals surface area contributed by atoms with Crippen molar-refractivity contribution in [1.82, 2.24) is 0 Å². The van der Waals surface area contributed by atoms with E-state index in [1.54, 1.807) is 0 Å². The van der Waals surface area contributed by atoms with Crippen molar-refractivity contribution in [2.24, 2.45) is 17.8 Å². The highest BCUT2D eigenvalue weighted by Gasteiger charge is 2.47. The van der Waals surface area contributed by atoms with Crippen LogP contribution in [0.15, 0.2) is 24.8 Å². The quantitative estimate of drug-likeness (QED) is 0.597. The van der Waals surface area contributed by atoms with Gasteiger partial charge in [0.05, 0.1) is 5.60 Å². The van der Waals surface area contributed by atoms with Gasteiger partial charge in [-0.1, -0.05) is 39.0 Å². The maximum Gasteiger partial charge on any atom is 0.191 e. The van der Waals surface area contributed by atoms with Gasteiger partial charge in [0.1, 0.15) is 0 Å². The average Bonchev–Trinajstić information content (AvgIpc) is 2.36. The first-order chi connectivity index (χ1) is 9.59. The van der Waals surface area contributed by atoms with Crippen molar-refractivity contribution in [3.05, 3.63) is 24.8 Å². The molecule has 0 radical (unpaired) electrons. The molecule has 3 heteroatoms. The molecule has 2 bridgehead atoms. The summed E-state index contributed by atoms with van der Waals surface area (Å²) in [5, 5.41) is 11.0. The Bertz CT molecular complexity index is 421. The molecule has 0 spiro atoms. The van der Waals surface area contributed by atoms with Gasteiger partial charge in [0.2, 0.25) is 0 Å². The Kier molecular flexibility index (Phi) is 4.59. The van der Waals surface area contributed by atoms with Crippen LogP contribution in [0.4, 0.5) is 0 Å². The molecule has 4 atom stereocenters. The molecule has 0 amide bonds. The van der Waals surface area contributed by atoms with Crippen LogP contribution in [0.25, 0.3) is 0 Å². The fraction of sp³-hybridized carbons (Fsp3) is 0.778. The Hall–Kier alpha value is -0.383. The van der Waals surface area contributed by atoms with Crippen LogP contribution in [0.5, 0.6) is 0 Å². The smallest absolute Gasteiger partial charge is 0.191 e. The maximum absolute atomic E-state index is 10.8. The molecule has 1 saturated carbocycles. The van der Waals surface area contributed by atoms with Crippen molar-refractivity contribution in [2.45, 2.75) is 63.8 Å². The number of hydrogen-bond acceptors (Lipinski definition) is 2. The van der Waals surface area contributed by atoms with Gasteiger partial charge in [-0.25, -0.2) is 0 Å². The van der Waals surface area contributed by atoms with Gasteiger partial charge in [-0.3, -0.25) is 0 Å². The first kappa shape index (κ1) is 17.0. The molecule has 3 aliphatic rings. The molecule has 3 rings (SSSR count). The standard InChI is InChI=1S/C18H32O2Si/c1-7-10-18(19)12-14-8-9-16(18)11-15(14)13-20-21(5,6)17(2,3)4/h7-9,14-16,19H,1,10-13H2,2-6H3/t14-,15+,16-,18-/m1/s1. The van der Waals surface area contributed by atoms with E-state index in [9.17, 15) is 5.11 Å². The summed E-state index contributed by atoms with van der Waals surface area (Å²) >= 11 is 0. The fourth-order valence-corrected chi connectivity index (χ4v) is 4.48. The minimum Gasteiger partial charge on any atom is -0.417 e. The molecule has 1 fully saturated rings. The second-order valence-electron chi connectivity index (χ2n) is 8.52. The van der Waals surface area contributed by atoms with E-state index in [1.165, 1.54) is 0 Å². The first-order valence-electron chi connectivity index (χ1n) is 8.25. The highest BCUT2D eigenvalue weighted by molar-refractivity contribution is 6.74. The lowest BCUT2D eigenvalue weighted by Gasteiger charge is -2.49. The number of rotatable bonds is 5. The molecule has 1 N–H and O–H groups in total. The monoisotopic (exact) mass is 308 g/mol. The SMILES string of the molecule is C=CC[C@@]1(O)C[C@H]2C=C[C@@H]1C[C@H]2CO[Si](C)(C)C(C)(C)C. The van der Waals surface area contributed by atoms with Gasteiger partial charge >= 0.3 is 0 Å². The van der Waals surface area contributed by atoms with Crippen LogP contribution in [-0.2, 0) is 4.43 Å². The molecule has 0 aromatic carbocycles. The Morgan fingerprint density at radius 2 is 2.05 bits per heavy atom. The van der Waals surface area contributed by atoms with Crippen LogP contribution >= 0.6 is 0 Å². The predicted octanol–water partition coefficient (Wildman–Crippen LogP) is 4.53. The summed E-state index contributed by atoms with van der Waals surface area (Å²) in [5.74, 6) is 1.30. The molecular formula is C18H32O2Si. The normalized spacial score (nSPS) is 36.0. The molecule has 0 unspecified atom stereocenters. The van der Waals surface area contributed by atoms with Crippen molar-refractivity contribution in [2.75, 3.05) is 6.61 Å². The maximum atomic E-state index is 10.8.